The van der Waals surface area contributed by atoms with Crippen molar-refractivity contribution < 1.29 is 28.5 Å². The standard InChI is InChI=1S/C19H20O6/c1-12(18(20)13-5-7-15(22-2)8-6-13)25-19(21)14-9-16(23-3)11-17(10-14)24-4/h5-12H,1-4H3. The number of benzene rings is 2. The first kappa shape index (κ1) is 18.3. The number of hydrogen-bond acceptors (Lipinski definition) is 6. The van der Waals surface area contributed by atoms with Crippen molar-refractivity contribution in [3.8, 4) is 17.2 Å². The van der Waals surface area contributed by atoms with Gasteiger partial charge in [-0.25, -0.2) is 4.79 Å². The number of carbonyl (C=O) groups is 2. The second kappa shape index (κ2) is 8.19. The average Bonchev–Trinajstić information content (AvgIpc) is 2.66. The molecular formula is C19H20O6. The molecule has 2 rings (SSSR count). The average molecular weight is 344 g/mol. The highest BCUT2D eigenvalue weighted by Gasteiger charge is 2.21. The lowest BCUT2D eigenvalue weighted by Gasteiger charge is -2.14. The van der Waals surface area contributed by atoms with Crippen molar-refractivity contribution in [3.63, 3.8) is 0 Å². The van der Waals surface area contributed by atoms with E-state index in [4.69, 9.17) is 18.9 Å². The van der Waals surface area contributed by atoms with Crippen molar-refractivity contribution in [2.75, 3.05) is 21.3 Å². The van der Waals surface area contributed by atoms with Gasteiger partial charge in [-0.1, -0.05) is 0 Å². The summed E-state index contributed by atoms with van der Waals surface area (Å²) in [5, 5.41) is 0. The fourth-order valence-electron chi connectivity index (χ4n) is 2.20. The minimum absolute atomic E-state index is 0.241. The molecule has 0 bridgehead atoms. The Morgan fingerprint density at radius 3 is 1.76 bits per heavy atom. The van der Waals surface area contributed by atoms with Gasteiger partial charge in [0.25, 0.3) is 0 Å². The molecule has 0 saturated carbocycles. The van der Waals surface area contributed by atoms with Crippen LogP contribution >= 0.6 is 0 Å². The maximum atomic E-state index is 12.4. The summed E-state index contributed by atoms with van der Waals surface area (Å²) in [5.74, 6) is 0.628. The highest BCUT2D eigenvalue weighted by molar-refractivity contribution is 6.01. The number of Topliss-reactive ketones (excluding diaryl/α,β-unsaturated/α-hetero) is 1. The molecule has 132 valence electrons. The second-order valence-electron chi connectivity index (χ2n) is 5.24. The molecule has 0 aliphatic heterocycles. The number of esters is 1. The maximum Gasteiger partial charge on any atom is 0.339 e. The molecule has 0 spiro atoms. The fraction of sp³-hybridized carbons (Fsp3) is 0.263. The number of ether oxygens (including phenoxy) is 4. The van der Waals surface area contributed by atoms with Crippen LogP contribution in [0.2, 0.25) is 0 Å². The van der Waals surface area contributed by atoms with Crippen molar-refractivity contribution in [2.45, 2.75) is 13.0 Å². The molecule has 0 heterocycles. The zero-order valence-electron chi connectivity index (χ0n) is 14.6. The van der Waals surface area contributed by atoms with E-state index in [2.05, 4.69) is 0 Å². The third kappa shape index (κ3) is 4.50. The first-order valence-corrected chi connectivity index (χ1v) is 7.60. The Kier molecular flexibility index (Phi) is 6.00. The van der Waals surface area contributed by atoms with E-state index >= 15 is 0 Å². The molecule has 0 aromatic heterocycles. The van der Waals surface area contributed by atoms with Crippen molar-refractivity contribution in [3.05, 3.63) is 53.6 Å². The van der Waals surface area contributed by atoms with Gasteiger partial charge in [-0.15, -0.1) is 0 Å². The zero-order valence-corrected chi connectivity index (χ0v) is 14.6. The molecule has 6 nitrogen and oxygen atoms in total. The molecule has 25 heavy (non-hydrogen) atoms. The quantitative estimate of drug-likeness (QED) is 0.568. The van der Waals surface area contributed by atoms with E-state index in [9.17, 15) is 9.59 Å². The summed E-state index contributed by atoms with van der Waals surface area (Å²) < 4.78 is 20.6. The van der Waals surface area contributed by atoms with Crippen molar-refractivity contribution in [1.82, 2.24) is 0 Å². The Balaban J connectivity index is 2.12. The summed E-state index contributed by atoms with van der Waals surface area (Å²) in [7, 11) is 4.52. The van der Waals surface area contributed by atoms with Crippen LogP contribution in [0.15, 0.2) is 42.5 Å². The molecule has 6 heteroatoms. The second-order valence-corrected chi connectivity index (χ2v) is 5.24. The number of rotatable bonds is 7. The Bertz CT molecular complexity index is 729. The van der Waals surface area contributed by atoms with Crippen molar-refractivity contribution in [1.29, 1.82) is 0 Å². The Morgan fingerprint density at radius 2 is 1.28 bits per heavy atom. The van der Waals surface area contributed by atoms with Gasteiger partial charge in [-0.05, 0) is 43.3 Å². The summed E-state index contributed by atoms with van der Waals surface area (Å²) in [6.45, 7) is 1.53. The third-order valence-electron chi connectivity index (χ3n) is 3.61. The summed E-state index contributed by atoms with van der Waals surface area (Å²) >= 11 is 0. The molecule has 0 amide bonds. The normalized spacial score (nSPS) is 11.4. The van der Waals surface area contributed by atoms with Crippen LogP contribution in [0.3, 0.4) is 0 Å². The number of carbonyl (C=O) groups excluding carboxylic acids is 2. The molecule has 2 aromatic carbocycles. The van der Waals surface area contributed by atoms with Gasteiger partial charge in [0.05, 0.1) is 26.9 Å². The van der Waals surface area contributed by atoms with Crippen LogP contribution < -0.4 is 14.2 Å². The van der Waals surface area contributed by atoms with Crippen LogP contribution in [0, 0.1) is 0 Å². The van der Waals surface area contributed by atoms with Gasteiger partial charge in [0, 0.05) is 11.6 Å². The van der Waals surface area contributed by atoms with E-state index in [0.29, 0.717) is 22.8 Å². The maximum absolute atomic E-state index is 12.4. The van der Waals surface area contributed by atoms with E-state index < -0.39 is 12.1 Å². The minimum Gasteiger partial charge on any atom is -0.497 e. The summed E-state index contributed by atoms with van der Waals surface area (Å²) in [4.78, 5) is 24.7. The third-order valence-corrected chi connectivity index (χ3v) is 3.61. The minimum atomic E-state index is -0.932. The molecule has 1 atom stereocenters. The molecule has 1 unspecified atom stereocenters. The van der Waals surface area contributed by atoms with Gasteiger partial charge in [-0.2, -0.15) is 0 Å². The van der Waals surface area contributed by atoms with Gasteiger partial charge < -0.3 is 18.9 Å². The predicted octanol–water partition coefficient (Wildman–Crippen LogP) is 3.14. The molecule has 0 fully saturated rings. The van der Waals surface area contributed by atoms with Crippen LogP contribution in [0.1, 0.15) is 27.6 Å². The fourth-order valence-corrected chi connectivity index (χ4v) is 2.20. The lowest BCUT2D eigenvalue weighted by molar-refractivity contribution is 0.0318. The van der Waals surface area contributed by atoms with Gasteiger partial charge >= 0.3 is 5.97 Å². The number of hydrogen-bond donors (Lipinski definition) is 0. The molecule has 0 saturated heterocycles. The van der Waals surface area contributed by atoms with Gasteiger partial charge in [0.2, 0.25) is 5.78 Å². The van der Waals surface area contributed by atoms with E-state index in [1.54, 1.807) is 37.4 Å². The van der Waals surface area contributed by atoms with E-state index in [-0.39, 0.29) is 11.3 Å². The lowest BCUT2D eigenvalue weighted by atomic mass is 10.1. The van der Waals surface area contributed by atoms with E-state index in [1.807, 2.05) is 0 Å². The lowest BCUT2D eigenvalue weighted by Crippen LogP contribution is -2.24. The van der Waals surface area contributed by atoms with E-state index in [1.165, 1.54) is 33.3 Å². The zero-order chi connectivity index (χ0) is 18.4. The Hall–Kier alpha value is -3.02. The highest BCUT2D eigenvalue weighted by atomic mass is 16.5. The largest absolute Gasteiger partial charge is 0.497 e. The summed E-state index contributed by atoms with van der Waals surface area (Å²) in [6.07, 6.45) is -0.932. The monoisotopic (exact) mass is 344 g/mol. The molecule has 0 aliphatic rings. The number of ketones is 1. The first-order valence-electron chi connectivity index (χ1n) is 7.60. The van der Waals surface area contributed by atoms with Crippen LogP contribution in [-0.2, 0) is 4.74 Å². The topological polar surface area (TPSA) is 71.1 Å². The van der Waals surface area contributed by atoms with Crippen LogP contribution in [-0.4, -0.2) is 39.2 Å². The Labute approximate surface area is 146 Å². The molecule has 0 N–H and O–H groups in total. The number of methoxy groups -OCH3 is 3. The molecular weight excluding hydrogens is 324 g/mol. The molecule has 2 aromatic rings. The van der Waals surface area contributed by atoms with E-state index in [0.717, 1.165) is 0 Å². The van der Waals surface area contributed by atoms with Crippen molar-refractivity contribution in [2.24, 2.45) is 0 Å². The first-order chi connectivity index (χ1) is 12.0. The van der Waals surface area contributed by atoms with Crippen molar-refractivity contribution >= 4 is 11.8 Å². The van der Waals surface area contributed by atoms with Crippen LogP contribution in [0.5, 0.6) is 17.2 Å². The van der Waals surface area contributed by atoms with Gasteiger partial charge in [0.15, 0.2) is 6.10 Å². The van der Waals surface area contributed by atoms with Gasteiger partial charge in [-0.3, -0.25) is 4.79 Å². The molecule has 0 aliphatic carbocycles. The van der Waals surface area contributed by atoms with Gasteiger partial charge in [0.1, 0.15) is 17.2 Å². The predicted molar refractivity (Wildman–Crippen MR) is 91.7 cm³/mol. The summed E-state index contributed by atoms with van der Waals surface area (Å²) in [5.41, 5.74) is 0.676. The van der Waals surface area contributed by atoms with Crippen LogP contribution in [0.25, 0.3) is 0 Å². The molecule has 0 radical (unpaired) electrons. The van der Waals surface area contributed by atoms with Crippen LogP contribution in [0.4, 0.5) is 0 Å². The SMILES string of the molecule is COc1ccc(C(=O)C(C)OC(=O)c2cc(OC)cc(OC)c2)cc1. The summed E-state index contributed by atoms with van der Waals surface area (Å²) in [6, 6.07) is 11.3. The Morgan fingerprint density at radius 1 is 0.760 bits per heavy atom. The highest BCUT2D eigenvalue weighted by Crippen LogP contribution is 2.23. The smallest absolute Gasteiger partial charge is 0.339 e.